The number of aromatic nitrogens is 1. The molecule has 1 aliphatic rings. The summed E-state index contributed by atoms with van der Waals surface area (Å²) in [4.78, 5) is 25.8. The molecule has 0 spiro atoms. The van der Waals surface area contributed by atoms with E-state index in [0.717, 1.165) is 12.8 Å². The molecule has 0 bridgehead atoms. The van der Waals surface area contributed by atoms with Gasteiger partial charge in [0.25, 0.3) is 5.69 Å². The number of nitrogens with one attached hydrogen (secondary N) is 2. The Morgan fingerprint density at radius 2 is 2.33 bits per heavy atom. The molecule has 1 atom stereocenters. The summed E-state index contributed by atoms with van der Waals surface area (Å²) in [5.74, 6) is 0.430. The summed E-state index contributed by atoms with van der Waals surface area (Å²) in [5.41, 5.74) is 0.315. The van der Waals surface area contributed by atoms with Crippen LogP contribution >= 0.6 is 0 Å². The zero-order valence-electron chi connectivity index (χ0n) is 9.97. The van der Waals surface area contributed by atoms with E-state index in [9.17, 15) is 14.9 Å². The van der Waals surface area contributed by atoms with E-state index in [0.29, 0.717) is 18.1 Å². The molecule has 0 radical (unpaired) electrons. The Kier molecular flexibility index (Phi) is 3.40. The van der Waals surface area contributed by atoms with E-state index in [4.69, 9.17) is 0 Å². The SMILES string of the molecule is Cc1nc(NC2CCCNC2=O)ccc1[N+](=O)[O-]. The van der Waals surface area contributed by atoms with Gasteiger partial charge in [0, 0.05) is 12.6 Å². The van der Waals surface area contributed by atoms with Crippen molar-refractivity contribution in [2.45, 2.75) is 25.8 Å². The van der Waals surface area contributed by atoms with Gasteiger partial charge in [-0.2, -0.15) is 0 Å². The Balaban J connectivity index is 2.12. The fourth-order valence-electron chi connectivity index (χ4n) is 1.92. The van der Waals surface area contributed by atoms with Gasteiger partial charge in [-0.1, -0.05) is 0 Å². The summed E-state index contributed by atoms with van der Waals surface area (Å²) in [6.45, 7) is 2.27. The van der Waals surface area contributed by atoms with Crippen LogP contribution in [0.2, 0.25) is 0 Å². The number of pyridine rings is 1. The third-order valence-corrected chi connectivity index (χ3v) is 2.86. The van der Waals surface area contributed by atoms with Crippen LogP contribution in [0.15, 0.2) is 12.1 Å². The lowest BCUT2D eigenvalue weighted by Gasteiger charge is -2.23. The van der Waals surface area contributed by atoms with Crippen molar-refractivity contribution in [1.29, 1.82) is 0 Å². The van der Waals surface area contributed by atoms with E-state index >= 15 is 0 Å². The zero-order chi connectivity index (χ0) is 13.1. The molecule has 2 rings (SSSR count). The summed E-state index contributed by atoms with van der Waals surface area (Å²) < 4.78 is 0. The monoisotopic (exact) mass is 250 g/mol. The molecular formula is C11H14N4O3. The molecule has 2 heterocycles. The van der Waals surface area contributed by atoms with Crippen molar-refractivity contribution in [3.63, 3.8) is 0 Å². The largest absolute Gasteiger partial charge is 0.358 e. The maximum atomic E-state index is 11.5. The topological polar surface area (TPSA) is 97.2 Å². The summed E-state index contributed by atoms with van der Waals surface area (Å²) in [6.07, 6.45) is 1.65. The highest BCUT2D eigenvalue weighted by Gasteiger charge is 2.22. The molecule has 0 aliphatic carbocycles. The van der Waals surface area contributed by atoms with Gasteiger partial charge in [0.1, 0.15) is 17.6 Å². The van der Waals surface area contributed by atoms with Crippen molar-refractivity contribution >= 4 is 17.4 Å². The first-order chi connectivity index (χ1) is 8.58. The predicted octanol–water partition coefficient (Wildman–Crippen LogP) is 0.989. The van der Waals surface area contributed by atoms with Gasteiger partial charge in [-0.3, -0.25) is 14.9 Å². The lowest BCUT2D eigenvalue weighted by atomic mass is 10.1. The molecular weight excluding hydrogens is 236 g/mol. The van der Waals surface area contributed by atoms with Crippen molar-refractivity contribution in [2.24, 2.45) is 0 Å². The van der Waals surface area contributed by atoms with E-state index in [-0.39, 0.29) is 17.6 Å². The standard InChI is InChI=1S/C11H14N4O3/c1-7-9(15(17)18)4-5-10(13-7)14-8-3-2-6-12-11(8)16/h4-5,8H,2-3,6H2,1H3,(H,12,16)(H,13,14). The van der Waals surface area contributed by atoms with Gasteiger partial charge in [-0.15, -0.1) is 0 Å². The second-order valence-electron chi connectivity index (χ2n) is 4.19. The third-order valence-electron chi connectivity index (χ3n) is 2.86. The van der Waals surface area contributed by atoms with Crippen LogP contribution in [0.4, 0.5) is 11.5 Å². The highest BCUT2D eigenvalue weighted by Crippen LogP contribution is 2.19. The Morgan fingerprint density at radius 1 is 1.56 bits per heavy atom. The molecule has 1 aliphatic heterocycles. The number of anilines is 1. The van der Waals surface area contributed by atoms with Crippen LogP contribution in [0.1, 0.15) is 18.5 Å². The second kappa shape index (κ2) is 4.99. The second-order valence-corrected chi connectivity index (χ2v) is 4.19. The predicted molar refractivity (Wildman–Crippen MR) is 65.3 cm³/mol. The van der Waals surface area contributed by atoms with Gasteiger partial charge >= 0.3 is 0 Å². The van der Waals surface area contributed by atoms with Crippen LogP contribution in [0.5, 0.6) is 0 Å². The molecule has 0 aromatic carbocycles. The lowest BCUT2D eigenvalue weighted by Crippen LogP contribution is -2.44. The quantitative estimate of drug-likeness (QED) is 0.615. The van der Waals surface area contributed by atoms with Crippen molar-refractivity contribution in [2.75, 3.05) is 11.9 Å². The molecule has 18 heavy (non-hydrogen) atoms. The van der Waals surface area contributed by atoms with Crippen molar-refractivity contribution in [3.8, 4) is 0 Å². The van der Waals surface area contributed by atoms with Crippen molar-refractivity contribution in [3.05, 3.63) is 27.9 Å². The lowest BCUT2D eigenvalue weighted by molar-refractivity contribution is -0.385. The van der Waals surface area contributed by atoms with Gasteiger partial charge in [0.2, 0.25) is 5.91 Å². The summed E-state index contributed by atoms with van der Waals surface area (Å²) in [7, 11) is 0. The minimum Gasteiger partial charge on any atom is -0.358 e. The number of carbonyl (C=O) groups excluding carboxylic acids is 1. The van der Waals surface area contributed by atoms with Gasteiger partial charge in [-0.25, -0.2) is 4.98 Å². The highest BCUT2D eigenvalue weighted by molar-refractivity contribution is 5.85. The number of hydrogen-bond donors (Lipinski definition) is 2. The van der Waals surface area contributed by atoms with E-state index < -0.39 is 4.92 Å². The number of nitro groups is 1. The van der Waals surface area contributed by atoms with Crippen LogP contribution in [0.3, 0.4) is 0 Å². The molecule has 1 aromatic heterocycles. The number of carbonyl (C=O) groups is 1. The Bertz CT molecular complexity index is 489. The molecule has 0 saturated carbocycles. The average molecular weight is 250 g/mol. The maximum Gasteiger partial charge on any atom is 0.290 e. The van der Waals surface area contributed by atoms with E-state index in [1.165, 1.54) is 12.1 Å². The first kappa shape index (κ1) is 12.3. The van der Waals surface area contributed by atoms with Crippen LogP contribution in [0.25, 0.3) is 0 Å². The summed E-state index contributed by atoms with van der Waals surface area (Å²) in [5, 5.41) is 16.4. The van der Waals surface area contributed by atoms with Crippen molar-refractivity contribution in [1.82, 2.24) is 10.3 Å². The van der Waals surface area contributed by atoms with Gasteiger partial charge in [-0.05, 0) is 25.8 Å². The molecule has 7 nitrogen and oxygen atoms in total. The molecule has 1 fully saturated rings. The molecule has 96 valence electrons. The van der Waals surface area contributed by atoms with Crippen molar-refractivity contribution < 1.29 is 9.72 Å². The normalized spacial score (nSPS) is 19.2. The van der Waals surface area contributed by atoms with Crippen LogP contribution < -0.4 is 10.6 Å². The molecule has 7 heteroatoms. The number of piperidine rings is 1. The van der Waals surface area contributed by atoms with Crippen LogP contribution in [0, 0.1) is 17.0 Å². The molecule has 1 saturated heterocycles. The first-order valence-electron chi connectivity index (χ1n) is 5.74. The maximum absolute atomic E-state index is 11.5. The smallest absolute Gasteiger partial charge is 0.290 e. The molecule has 2 N–H and O–H groups in total. The number of hydrogen-bond acceptors (Lipinski definition) is 5. The fourth-order valence-corrected chi connectivity index (χ4v) is 1.92. The third kappa shape index (κ3) is 2.55. The Labute approximate surface area is 104 Å². The van der Waals surface area contributed by atoms with Gasteiger partial charge in [0.15, 0.2) is 0 Å². The number of rotatable bonds is 3. The molecule has 1 aromatic rings. The Hall–Kier alpha value is -2.18. The summed E-state index contributed by atoms with van der Waals surface area (Å²) in [6, 6.07) is 2.60. The summed E-state index contributed by atoms with van der Waals surface area (Å²) >= 11 is 0. The number of amides is 1. The van der Waals surface area contributed by atoms with Crippen LogP contribution in [-0.2, 0) is 4.79 Å². The molecule has 1 unspecified atom stereocenters. The first-order valence-corrected chi connectivity index (χ1v) is 5.74. The Morgan fingerprint density at radius 3 is 2.94 bits per heavy atom. The fraction of sp³-hybridized carbons (Fsp3) is 0.455. The van der Waals surface area contributed by atoms with Gasteiger partial charge < -0.3 is 10.6 Å². The molecule has 1 amide bonds. The van der Waals surface area contributed by atoms with Crippen LogP contribution in [-0.4, -0.2) is 28.4 Å². The highest BCUT2D eigenvalue weighted by atomic mass is 16.6. The van der Waals surface area contributed by atoms with E-state index in [1.807, 2.05) is 0 Å². The average Bonchev–Trinajstić information content (AvgIpc) is 2.32. The van der Waals surface area contributed by atoms with Gasteiger partial charge in [0.05, 0.1) is 4.92 Å². The van der Waals surface area contributed by atoms with E-state index in [1.54, 1.807) is 6.92 Å². The number of nitrogens with zero attached hydrogens (tertiary/aromatic N) is 2. The zero-order valence-corrected chi connectivity index (χ0v) is 9.97. The number of aryl methyl sites for hydroxylation is 1. The van der Waals surface area contributed by atoms with E-state index in [2.05, 4.69) is 15.6 Å². The minimum atomic E-state index is -0.473. The minimum absolute atomic E-state index is 0.0198.